The van der Waals surface area contributed by atoms with Crippen LogP contribution in [0.3, 0.4) is 0 Å². The predicted molar refractivity (Wildman–Crippen MR) is 56.9 cm³/mol. The Bertz CT molecular complexity index is 429. The van der Waals surface area contributed by atoms with Crippen LogP contribution in [-0.2, 0) is 9.53 Å². The molecule has 3 nitrogen and oxygen atoms in total. The predicted octanol–water partition coefficient (Wildman–Crippen LogP) is 1.87. The second-order valence-corrected chi connectivity index (χ2v) is 3.00. The lowest BCUT2D eigenvalue weighted by molar-refractivity contribution is -0.133. The number of methoxy groups -OCH3 is 2. The summed E-state index contributed by atoms with van der Waals surface area (Å²) < 4.78 is 9.35. The van der Waals surface area contributed by atoms with E-state index in [0.29, 0.717) is 16.3 Å². The van der Waals surface area contributed by atoms with Crippen LogP contribution < -0.4 is 4.74 Å². The number of rotatable bonds is 1. The molecule has 4 heteroatoms. The number of carbonyl (C=O) groups is 1. The molecule has 0 spiro atoms. The number of hydrogen-bond acceptors (Lipinski definition) is 3. The molecule has 0 saturated carbocycles. The molecule has 0 atom stereocenters. The molecule has 0 aliphatic heterocycles. The first-order valence-electron chi connectivity index (χ1n) is 4.11. The minimum atomic E-state index is -0.582. The molecule has 0 N–H and O–H groups in total. The Morgan fingerprint density at radius 3 is 2.67 bits per heavy atom. The third-order valence-corrected chi connectivity index (χ3v) is 1.94. The molecule has 78 valence electrons. The van der Waals surface area contributed by atoms with Gasteiger partial charge in [0, 0.05) is 11.5 Å². The van der Waals surface area contributed by atoms with Crippen molar-refractivity contribution in [3.05, 3.63) is 28.8 Å². The van der Waals surface area contributed by atoms with E-state index >= 15 is 0 Å². The van der Waals surface area contributed by atoms with E-state index < -0.39 is 5.97 Å². The van der Waals surface area contributed by atoms with Crippen LogP contribution in [0.5, 0.6) is 5.75 Å². The summed E-state index contributed by atoms with van der Waals surface area (Å²) in [5.74, 6) is 4.91. The van der Waals surface area contributed by atoms with Gasteiger partial charge in [-0.05, 0) is 18.2 Å². The Kier molecular flexibility index (Phi) is 4.02. The molecule has 0 aromatic heterocycles. The maximum Gasteiger partial charge on any atom is 0.384 e. The summed E-state index contributed by atoms with van der Waals surface area (Å²) in [5, 5.41) is 0.453. The fourth-order valence-corrected chi connectivity index (χ4v) is 1.18. The highest BCUT2D eigenvalue weighted by Gasteiger charge is 1.99. The van der Waals surface area contributed by atoms with Gasteiger partial charge in [-0.2, -0.15) is 0 Å². The average Bonchev–Trinajstić information content (AvgIpc) is 2.26. The molecule has 1 aromatic rings. The summed E-state index contributed by atoms with van der Waals surface area (Å²) >= 11 is 5.87. The van der Waals surface area contributed by atoms with Crippen molar-refractivity contribution in [2.45, 2.75) is 0 Å². The largest absolute Gasteiger partial charge is 0.495 e. The monoisotopic (exact) mass is 224 g/mol. The van der Waals surface area contributed by atoms with E-state index in [1.165, 1.54) is 14.2 Å². The van der Waals surface area contributed by atoms with Crippen molar-refractivity contribution >= 4 is 17.6 Å². The lowest BCUT2D eigenvalue weighted by atomic mass is 10.2. The second kappa shape index (κ2) is 5.28. The Morgan fingerprint density at radius 2 is 2.13 bits per heavy atom. The molecular weight excluding hydrogens is 216 g/mol. The van der Waals surface area contributed by atoms with Crippen LogP contribution in [0.15, 0.2) is 18.2 Å². The molecule has 0 bridgehead atoms. The van der Waals surface area contributed by atoms with Gasteiger partial charge in [0.1, 0.15) is 5.75 Å². The highest BCUT2D eigenvalue weighted by molar-refractivity contribution is 6.32. The van der Waals surface area contributed by atoms with Crippen molar-refractivity contribution in [1.82, 2.24) is 0 Å². The molecule has 0 aliphatic carbocycles. The first-order chi connectivity index (χ1) is 7.17. The summed E-state index contributed by atoms with van der Waals surface area (Å²) in [6.07, 6.45) is 0. The van der Waals surface area contributed by atoms with Gasteiger partial charge in [-0.25, -0.2) is 4.79 Å². The second-order valence-electron chi connectivity index (χ2n) is 2.59. The fourth-order valence-electron chi connectivity index (χ4n) is 0.918. The summed E-state index contributed by atoms with van der Waals surface area (Å²) in [7, 11) is 2.80. The normalized spacial score (nSPS) is 8.73. The van der Waals surface area contributed by atoms with Gasteiger partial charge >= 0.3 is 5.97 Å². The minimum absolute atomic E-state index is 0.453. The molecular formula is C11H9ClO3. The molecule has 15 heavy (non-hydrogen) atoms. The van der Waals surface area contributed by atoms with E-state index in [4.69, 9.17) is 16.3 Å². The average molecular weight is 225 g/mol. The van der Waals surface area contributed by atoms with Crippen LogP contribution in [-0.4, -0.2) is 20.2 Å². The summed E-state index contributed by atoms with van der Waals surface area (Å²) in [4.78, 5) is 10.7. The molecule has 0 amide bonds. The zero-order valence-corrected chi connectivity index (χ0v) is 9.09. The number of ether oxygens (including phenoxy) is 2. The van der Waals surface area contributed by atoms with Crippen LogP contribution in [0.1, 0.15) is 5.56 Å². The third kappa shape index (κ3) is 3.19. The number of esters is 1. The Morgan fingerprint density at radius 1 is 1.40 bits per heavy atom. The zero-order valence-electron chi connectivity index (χ0n) is 8.33. The quantitative estimate of drug-likeness (QED) is 0.540. The van der Waals surface area contributed by atoms with Crippen molar-refractivity contribution in [1.29, 1.82) is 0 Å². The molecule has 0 unspecified atom stereocenters. The van der Waals surface area contributed by atoms with E-state index in [1.807, 2.05) is 0 Å². The van der Waals surface area contributed by atoms with Crippen LogP contribution in [0.4, 0.5) is 0 Å². The molecule has 0 fully saturated rings. The number of carbonyl (C=O) groups excluding carboxylic acids is 1. The lowest BCUT2D eigenvalue weighted by Crippen LogP contribution is -1.94. The maximum absolute atomic E-state index is 10.7. The number of benzene rings is 1. The first kappa shape index (κ1) is 11.4. The van der Waals surface area contributed by atoms with Crippen molar-refractivity contribution < 1.29 is 14.3 Å². The van der Waals surface area contributed by atoms with Gasteiger partial charge < -0.3 is 9.47 Å². The molecule has 0 saturated heterocycles. The van der Waals surface area contributed by atoms with Crippen molar-refractivity contribution in [3.8, 4) is 17.6 Å². The smallest absolute Gasteiger partial charge is 0.384 e. The van der Waals surface area contributed by atoms with E-state index in [-0.39, 0.29) is 0 Å². The van der Waals surface area contributed by atoms with Gasteiger partial charge in [0.15, 0.2) is 0 Å². The molecule has 1 aromatic carbocycles. The fraction of sp³-hybridized carbons (Fsp3) is 0.182. The van der Waals surface area contributed by atoms with E-state index in [9.17, 15) is 4.79 Å². The zero-order chi connectivity index (χ0) is 11.3. The lowest BCUT2D eigenvalue weighted by Gasteiger charge is -2.01. The van der Waals surface area contributed by atoms with Gasteiger partial charge in [-0.15, -0.1) is 0 Å². The van der Waals surface area contributed by atoms with E-state index in [1.54, 1.807) is 18.2 Å². The Labute approximate surface area is 92.9 Å². The number of hydrogen-bond donors (Lipinski definition) is 0. The highest BCUT2D eigenvalue weighted by Crippen LogP contribution is 2.24. The van der Waals surface area contributed by atoms with Gasteiger partial charge in [0.25, 0.3) is 0 Å². The standard InChI is InChI=1S/C11H9ClO3/c1-14-10-5-3-8(7-9(10)12)4-6-11(13)15-2/h3,5,7H,1-2H3. The van der Waals surface area contributed by atoms with E-state index in [2.05, 4.69) is 16.6 Å². The summed E-state index contributed by atoms with van der Waals surface area (Å²) in [5.41, 5.74) is 0.631. The van der Waals surface area contributed by atoms with Crippen LogP contribution >= 0.6 is 11.6 Å². The third-order valence-electron chi connectivity index (χ3n) is 1.65. The SMILES string of the molecule is COC(=O)C#Cc1ccc(OC)c(Cl)c1. The minimum Gasteiger partial charge on any atom is -0.495 e. The highest BCUT2D eigenvalue weighted by atomic mass is 35.5. The van der Waals surface area contributed by atoms with Crippen LogP contribution in [0.25, 0.3) is 0 Å². The first-order valence-corrected chi connectivity index (χ1v) is 4.48. The summed E-state index contributed by atoms with van der Waals surface area (Å²) in [6, 6.07) is 5.01. The van der Waals surface area contributed by atoms with E-state index in [0.717, 1.165) is 0 Å². The molecule has 1 rings (SSSR count). The topological polar surface area (TPSA) is 35.5 Å². The van der Waals surface area contributed by atoms with Crippen molar-refractivity contribution in [2.75, 3.05) is 14.2 Å². The van der Waals surface area contributed by atoms with Gasteiger partial charge in [-0.3, -0.25) is 0 Å². The van der Waals surface area contributed by atoms with Crippen LogP contribution in [0.2, 0.25) is 5.02 Å². The van der Waals surface area contributed by atoms with Gasteiger partial charge in [-0.1, -0.05) is 17.5 Å². The van der Waals surface area contributed by atoms with Gasteiger partial charge in [0.05, 0.1) is 19.2 Å². The Hall–Kier alpha value is -1.66. The number of halogens is 1. The molecule has 0 aliphatic rings. The maximum atomic E-state index is 10.7. The Balaban J connectivity index is 2.92. The molecule has 0 radical (unpaired) electrons. The van der Waals surface area contributed by atoms with Gasteiger partial charge in [0.2, 0.25) is 0 Å². The summed E-state index contributed by atoms with van der Waals surface area (Å²) in [6.45, 7) is 0. The molecule has 0 heterocycles. The van der Waals surface area contributed by atoms with Crippen LogP contribution in [0, 0.1) is 11.8 Å². The van der Waals surface area contributed by atoms with Crippen molar-refractivity contribution in [2.24, 2.45) is 0 Å². The van der Waals surface area contributed by atoms with Crippen molar-refractivity contribution in [3.63, 3.8) is 0 Å².